The summed E-state index contributed by atoms with van der Waals surface area (Å²) in [5, 5.41) is 1.23. The van der Waals surface area contributed by atoms with Crippen molar-refractivity contribution >= 4 is 34.8 Å². The molecule has 1 aliphatic rings. The molecular formula is C23H15Cl2N3O. The molecule has 0 unspecified atom stereocenters. The fraction of sp³-hybridized carbons (Fsp3) is 0.0435. The van der Waals surface area contributed by atoms with Gasteiger partial charge in [0, 0.05) is 16.3 Å². The molecule has 1 aliphatic heterocycles. The predicted octanol–water partition coefficient (Wildman–Crippen LogP) is 6.01. The quantitative estimate of drug-likeness (QED) is 0.407. The van der Waals surface area contributed by atoms with Crippen LogP contribution in [0, 0.1) is 0 Å². The standard InChI is InChI=1S/C23H15Cl2N3O/c24-16-12-10-15(11-13-16)22-26-21-20(28(22)19-9-5-4-8-18(19)25)14-27(23(21)29)17-6-2-1-3-7-17/h1-13H,14H2. The van der Waals surface area contributed by atoms with Crippen LogP contribution in [-0.4, -0.2) is 15.5 Å². The van der Waals surface area contributed by atoms with E-state index in [1.807, 2.05) is 83.4 Å². The molecule has 5 rings (SSSR count). The van der Waals surface area contributed by atoms with E-state index in [0.29, 0.717) is 28.1 Å². The molecule has 0 aliphatic carbocycles. The lowest BCUT2D eigenvalue weighted by molar-refractivity contribution is 0.0992. The van der Waals surface area contributed by atoms with Gasteiger partial charge in [0.15, 0.2) is 5.69 Å². The van der Waals surface area contributed by atoms with E-state index in [0.717, 1.165) is 22.6 Å². The lowest BCUT2D eigenvalue weighted by atomic mass is 10.2. The summed E-state index contributed by atoms with van der Waals surface area (Å²) < 4.78 is 1.97. The van der Waals surface area contributed by atoms with Gasteiger partial charge in [-0.2, -0.15) is 0 Å². The summed E-state index contributed by atoms with van der Waals surface area (Å²) in [6.07, 6.45) is 0. The Labute approximate surface area is 177 Å². The number of halogens is 2. The summed E-state index contributed by atoms with van der Waals surface area (Å²) >= 11 is 12.6. The van der Waals surface area contributed by atoms with Gasteiger partial charge in [0.2, 0.25) is 0 Å². The molecule has 1 amide bonds. The highest BCUT2D eigenvalue weighted by atomic mass is 35.5. The van der Waals surface area contributed by atoms with E-state index in [9.17, 15) is 4.79 Å². The minimum atomic E-state index is -0.118. The van der Waals surface area contributed by atoms with Crippen LogP contribution in [0.25, 0.3) is 17.1 Å². The second-order valence-corrected chi connectivity index (χ2v) is 7.59. The van der Waals surface area contributed by atoms with Gasteiger partial charge in [0.25, 0.3) is 5.91 Å². The summed E-state index contributed by atoms with van der Waals surface area (Å²) in [6, 6.07) is 24.6. The first-order chi connectivity index (χ1) is 14.1. The molecule has 0 spiro atoms. The third kappa shape index (κ3) is 3.01. The van der Waals surface area contributed by atoms with Crippen molar-refractivity contribution in [1.29, 1.82) is 0 Å². The van der Waals surface area contributed by atoms with Gasteiger partial charge in [-0.25, -0.2) is 4.98 Å². The van der Waals surface area contributed by atoms with Gasteiger partial charge < -0.3 is 4.90 Å². The van der Waals surface area contributed by atoms with Crippen LogP contribution in [0.3, 0.4) is 0 Å². The van der Waals surface area contributed by atoms with Gasteiger partial charge in [0.05, 0.1) is 22.9 Å². The Bertz CT molecular complexity index is 1220. The fourth-order valence-electron chi connectivity index (χ4n) is 3.62. The summed E-state index contributed by atoms with van der Waals surface area (Å²) in [5.74, 6) is 0.549. The van der Waals surface area contributed by atoms with Crippen LogP contribution in [0.5, 0.6) is 0 Å². The molecule has 3 aromatic carbocycles. The molecule has 0 radical (unpaired) electrons. The Kier molecular flexibility index (Phi) is 4.38. The van der Waals surface area contributed by atoms with Crippen molar-refractivity contribution in [2.45, 2.75) is 6.54 Å². The first kappa shape index (κ1) is 18.0. The first-order valence-corrected chi connectivity index (χ1v) is 9.88. The predicted molar refractivity (Wildman–Crippen MR) is 116 cm³/mol. The third-order valence-corrected chi connectivity index (χ3v) is 5.56. The molecule has 1 aromatic heterocycles. The van der Waals surface area contributed by atoms with Crippen molar-refractivity contribution < 1.29 is 4.79 Å². The van der Waals surface area contributed by atoms with Crippen LogP contribution in [-0.2, 0) is 6.54 Å². The van der Waals surface area contributed by atoms with Crippen molar-refractivity contribution in [3.05, 3.63) is 100 Å². The van der Waals surface area contributed by atoms with E-state index in [1.165, 1.54) is 0 Å². The molecular weight excluding hydrogens is 405 g/mol. The van der Waals surface area contributed by atoms with Crippen LogP contribution in [0.4, 0.5) is 5.69 Å². The van der Waals surface area contributed by atoms with E-state index in [2.05, 4.69) is 0 Å². The van der Waals surface area contributed by atoms with Crippen molar-refractivity contribution in [2.75, 3.05) is 4.90 Å². The minimum Gasteiger partial charge on any atom is -0.301 e. The number of benzene rings is 3. The molecule has 29 heavy (non-hydrogen) atoms. The summed E-state index contributed by atoms with van der Waals surface area (Å²) in [5.41, 5.74) is 3.75. The van der Waals surface area contributed by atoms with Gasteiger partial charge in [-0.3, -0.25) is 9.36 Å². The zero-order chi connectivity index (χ0) is 20.0. The average Bonchev–Trinajstić information content (AvgIpc) is 3.27. The van der Waals surface area contributed by atoms with Crippen molar-refractivity contribution in [1.82, 2.24) is 9.55 Å². The number of nitrogens with zero attached hydrogens (tertiary/aromatic N) is 3. The van der Waals surface area contributed by atoms with Gasteiger partial charge in [-0.1, -0.05) is 53.5 Å². The highest BCUT2D eigenvalue weighted by molar-refractivity contribution is 6.32. The van der Waals surface area contributed by atoms with Gasteiger partial charge in [-0.15, -0.1) is 0 Å². The maximum absolute atomic E-state index is 13.2. The number of hydrogen-bond donors (Lipinski definition) is 0. The number of hydrogen-bond acceptors (Lipinski definition) is 2. The second kappa shape index (κ2) is 7.07. The maximum Gasteiger partial charge on any atom is 0.279 e. The molecule has 0 fully saturated rings. The van der Waals surface area contributed by atoms with Crippen LogP contribution in [0.15, 0.2) is 78.9 Å². The zero-order valence-corrected chi connectivity index (χ0v) is 16.7. The smallest absolute Gasteiger partial charge is 0.279 e. The number of fused-ring (bicyclic) bond motifs is 1. The monoisotopic (exact) mass is 419 g/mol. The van der Waals surface area contributed by atoms with Crippen molar-refractivity contribution in [2.24, 2.45) is 0 Å². The Hall–Kier alpha value is -3.08. The molecule has 0 N–H and O–H groups in total. The van der Waals surface area contributed by atoms with Crippen LogP contribution < -0.4 is 4.90 Å². The van der Waals surface area contributed by atoms with Gasteiger partial charge >= 0.3 is 0 Å². The van der Waals surface area contributed by atoms with Gasteiger partial charge in [-0.05, 0) is 48.5 Å². The Balaban J connectivity index is 1.71. The lowest BCUT2D eigenvalue weighted by Gasteiger charge is -2.18. The Morgan fingerprint density at radius 1 is 0.828 bits per heavy atom. The van der Waals surface area contributed by atoms with E-state index in [-0.39, 0.29) is 5.91 Å². The fourth-order valence-corrected chi connectivity index (χ4v) is 3.97. The number of rotatable bonds is 3. The number of amides is 1. The van der Waals surface area contributed by atoms with Gasteiger partial charge in [0.1, 0.15) is 5.82 Å². The number of imidazole rings is 1. The summed E-state index contributed by atoms with van der Waals surface area (Å²) in [7, 11) is 0. The topological polar surface area (TPSA) is 38.1 Å². The number of para-hydroxylation sites is 2. The number of carbonyl (C=O) groups is 1. The Morgan fingerprint density at radius 3 is 2.24 bits per heavy atom. The Morgan fingerprint density at radius 2 is 1.52 bits per heavy atom. The van der Waals surface area contributed by atoms with Crippen molar-refractivity contribution in [3.8, 4) is 17.1 Å². The summed E-state index contributed by atoms with van der Waals surface area (Å²) in [6.45, 7) is 0.421. The van der Waals surface area contributed by atoms with E-state index >= 15 is 0 Å². The van der Waals surface area contributed by atoms with Crippen molar-refractivity contribution in [3.63, 3.8) is 0 Å². The molecule has 142 valence electrons. The molecule has 6 heteroatoms. The van der Waals surface area contributed by atoms with E-state index in [1.54, 1.807) is 4.90 Å². The molecule has 4 nitrogen and oxygen atoms in total. The zero-order valence-electron chi connectivity index (χ0n) is 15.2. The van der Waals surface area contributed by atoms with E-state index in [4.69, 9.17) is 28.2 Å². The number of aromatic nitrogens is 2. The summed E-state index contributed by atoms with van der Waals surface area (Å²) in [4.78, 5) is 19.6. The molecule has 2 heterocycles. The first-order valence-electron chi connectivity index (χ1n) is 9.13. The van der Waals surface area contributed by atoms with E-state index < -0.39 is 0 Å². The minimum absolute atomic E-state index is 0.118. The maximum atomic E-state index is 13.2. The molecule has 0 saturated heterocycles. The normalized spacial score (nSPS) is 13.0. The third-order valence-electron chi connectivity index (χ3n) is 4.99. The average molecular weight is 420 g/mol. The van der Waals surface area contributed by atoms with Crippen LogP contribution in [0.1, 0.15) is 16.2 Å². The SMILES string of the molecule is O=C1c2nc(-c3ccc(Cl)cc3)n(-c3ccccc3Cl)c2CN1c1ccccc1. The molecule has 0 atom stereocenters. The molecule has 0 bridgehead atoms. The lowest BCUT2D eigenvalue weighted by Crippen LogP contribution is -2.24. The second-order valence-electron chi connectivity index (χ2n) is 6.75. The largest absolute Gasteiger partial charge is 0.301 e. The van der Waals surface area contributed by atoms with Crippen LogP contribution in [0.2, 0.25) is 10.0 Å². The highest BCUT2D eigenvalue weighted by Gasteiger charge is 2.36. The number of anilines is 1. The highest BCUT2D eigenvalue weighted by Crippen LogP contribution is 2.36. The molecule has 0 saturated carbocycles. The molecule has 4 aromatic rings. The van der Waals surface area contributed by atoms with Crippen LogP contribution >= 0.6 is 23.2 Å². The number of carbonyl (C=O) groups excluding carboxylic acids is 1.